The molecule has 1 aromatic carbocycles. The summed E-state index contributed by atoms with van der Waals surface area (Å²) in [5, 5.41) is 11.3. The molecule has 0 fully saturated rings. The van der Waals surface area contributed by atoms with E-state index in [1.807, 2.05) is 13.8 Å². The molecule has 0 unspecified atom stereocenters. The molecule has 27 heavy (non-hydrogen) atoms. The number of carbonyl (C=O) groups is 2. The van der Waals surface area contributed by atoms with Gasteiger partial charge in [-0.1, -0.05) is 27.7 Å². The van der Waals surface area contributed by atoms with E-state index in [2.05, 4.69) is 10.0 Å². The molecular weight excluding hydrogens is 377 g/mol. The molecule has 0 aliphatic rings. The minimum atomic E-state index is -4.08. The van der Waals surface area contributed by atoms with Gasteiger partial charge in [0.05, 0.1) is 4.90 Å². The van der Waals surface area contributed by atoms with E-state index in [4.69, 9.17) is 5.21 Å². The van der Waals surface area contributed by atoms with Crippen LogP contribution in [-0.4, -0.2) is 37.5 Å². The SMILES string of the molecule is CC(C)C[C@H](NC(=O)[C@@H](NS(=O)(=O)c1ccc(F)cc1)C(C)C)C(=O)NO. The van der Waals surface area contributed by atoms with E-state index in [-0.39, 0.29) is 17.2 Å². The highest BCUT2D eigenvalue weighted by Gasteiger charge is 2.31. The fourth-order valence-corrected chi connectivity index (χ4v) is 3.73. The first-order valence-electron chi connectivity index (χ1n) is 8.50. The second-order valence-corrected chi connectivity index (χ2v) is 8.68. The maximum absolute atomic E-state index is 13.0. The number of hydrogen-bond acceptors (Lipinski definition) is 5. The Morgan fingerprint density at radius 3 is 2.07 bits per heavy atom. The van der Waals surface area contributed by atoms with Gasteiger partial charge in [0.15, 0.2) is 0 Å². The van der Waals surface area contributed by atoms with Crippen LogP contribution >= 0.6 is 0 Å². The molecule has 0 bridgehead atoms. The molecule has 8 nitrogen and oxygen atoms in total. The van der Waals surface area contributed by atoms with E-state index in [1.54, 1.807) is 13.8 Å². The molecule has 152 valence electrons. The third-order valence-corrected chi connectivity index (χ3v) is 5.26. The number of rotatable bonds is 9. The molecule has 0 aliphatic heterocycles. The highest BCUT2D eigenvalue weighted by molar-refractivity contribution is 7.89. The van der Waals surface area contributed by atoms with Crippen LogP contribution in [-0.2, 0) is 19.6 Å². The maximum atomic E-state index is 13.0. The van der Waals surface area contributed by atoms with Crippen molar-refractivity contribution in [2.24, 2.45) is 11.8 Å². The summed E-state index contributed by atoms with van der Waals surface area (Å²) >= 11 is 0. The first-order chi connectivity index (χ1) is 12.5. The summed E-state index contributed by atoms with van der Waals surface area (Å²) in [6.45, 7) is 6.95. The highest BCUT2D eigenvalue weighted by atomic mass is 32.2. The Morgan fingerprint density at radius 2 is 1.63 bits per heavy atom. The number of hydroxylamine groups is 1. The van der Waals surface area contributed by atoms with Crippen LogP contribution in [0.25, 0.3) is 0 Å². The van der Waals surface area contributed by atoms with Crippen LogP contribution in [0.3, 0.4) is 0 Å². The van der Waals surface area contributed by atoms with E-state index in [1.165, 1.54) is 5.48 Å². The summed E-state index contributed by atoms with van der Waals surface area (Å²) in [4.78, 5) is 24.2. The van der Waals surface area contributed by atoms with Gasteiger partial charge in [-0.2, -0.15) is 4.72 Å². The summed E-state index contributed by atoms with van der Waals surface area (Å²) in [7, 11) is -4.08. The van der Waals surface area contributed by atoms with Crippen molar-refractivity contribution in [2.45, 2.75) is 51.1 Å². The van der Waals surface area contributed by atoms with Crippen molar-refractivity contribution in [3.05, 3.63) is 30.1 Å². The third-order valence-electron chi connectivity index (χ3n) is 3.81. The second-order valence-electron chi connectivity index (χ2n) is 6.96. The van der Waals surface area contributed by atoms with Gasteiger partial charge in [0.1, 0.15) is 17.9 Å². The predicted octanol–water partition coefficient (Wildman–Crippen LogP) is 1.16. The van der Waals surface area contributed by atoms with Crippen molar-refractivity contribution in [1.82, 2.24) is 15.5 Å². The molecule has 0 saturated carbocycles. The van der Waals surface area contributed by atoms with Crippen molar-refractivity contribution < 1.29 is 27.6 Å². The van der Waals surface area contributed by atoms with Crippen LogP contribution < -0.4 is 15.5 Å². The zero-order valence-corrected chi connectivity index (χ0v) is 16.5. The van der Waals surface area contributed by atoms with Crippen molar-refractivity contribution in [1.29, 1.82) is 0 Å². The quantitative estimate of drug-likeness (QED) is 0.364. The van der Waals surface area contributed by atoms with Crippen molar-refractivity contribution in [2.75, 3.05) is 0 Å². The zero-order chi connectivity index (χ0) is 20.8. The fraction of sp³-hybridized carbons (Fsp3) is 0.529. The van der Waals surface area contributed by atoms with Gasteiger partial charge in [-0.05, 0) is 42.5 Å². The van der Waals surface area contributed by atoms with Gasteiger partial charge < -0.3 is 5.32 Å². The standard InChI is InChI=1S/C17H26FN3O5S/c1-10(2)9-14(16(22)20-24)19-17(23)15(11(3)4)21-27(25,26)13-7-5-12(18)6-8-13/h5-8,10-11,14-15,21,24H,9H2,1-4H3,(H,19,23)(H,20,22)/t14-,15-/m0/s1. The molecule has 10 heteroatoms. The number of amides is 2. The number of sulfonamides is 1. The van der Waals surface area contributed by atoms with Crippen LogP contribution in [0.5, 0.6) is 0 Å². The number of halogens is 1. The highest BCUT2D eigenvalue weighted by Crippen LogP contribution is 2.14. The fourth-order valence-electron chi connectivity index (χ4n) is 2.38. The summed E-state index contributed by atoms with van der Waals surface area (Å²) in [5.41, 5.74) is 1.50. The molecule has 0 saturated heterocycles. The summed E-state index contributed by atoms with van der Waals surface area (Å²) in [6.07, 6.45) is 0.258. The van der Waals surface area contributed by atoms with Gasteiger partial charge >= 0.3 is 0 Å². The van der Waals surface area contributed by atoms with E-state index >= 15 is 0 Å². The van der Waals surface area contributed by atoms with Crippen LogP contribution in [0.15, 0.2) is 29.2 Å². The Balaban J connectivity index is 3.01. The smallest absolute Gasteiger partial charge is 0.265 e. The lowest BCUT2D eigenvalue weighted by Crippen LogP contribution is -2.55. The van der Waals surface area contributed by atoms with E-state index < -0.39 is 45.7 Å². The van der Waals surface area contributed by atoms with E-state index in [0.717, 1.165) is 24.3 Å². The number of carbonyl (C=O) groups excluding carboxylic acids is 2. The zero-order valence-electron chi connectivity index (χ0n) is 15.7. The summed E-state index contributed by atoms with van der Waals surface area (Å²) < 4.78 is 40.3. The van der Waals surface area contributed by atoms with Gasteiger partial charge in [-0.15, -0.1) is 0 Å². The maximum Gasteiger partial charge on any atom is 0.265 e. The Morgan fingerprint density at radius 1 is 1.07 bits per heavy atom. The number of benzene rings is 1. The van der Waals surface area contributed by atoms with E-state index in [0.29, 0.717) is 0 Å². The first-order valence-corrected chi connectivity index (χ1v) is 9.98. The molecule has 0 spiro atoms. The Hall–Kier alpha value is -2.04. The van der Waals surface area contributed by atoms with Crippen molar-refractivity contribution in [3.63, 3.8) is 0 Å². The lowest BCUT2D eigenvalue weighted by Gasteiger charge is -2.25. The number of hydrogen-bond donors (Lipinski definition) is 4. The Kier molecular flexibility index (Phi) is 8.32. The average molecular weight is 403 g/mol. The van der Waals surface area contributed by atoms with Gasteiger partial charge in [0.25, 0.3) is 5.91 Å². The van der Waals surface area contributed by atoms with Gasteiger partial charge in [-0.3, -0.25) is 14.8 Å². The topological polar surface area (TPSA) is 125 Å². The largest absolute Gasteiger partial charge is 0.343 e. The molecule has 2 atom stereocenters. The Bertz CT molecular complexity index is 750. The lowest BCUT2D eigenvalue weighted by atomic mass is 10.0. The van der Waals surface area contributed by atoms with Gasteiger partial charge in [-0.25, -0.2) is 18.3 Å². The van der Waals surface area contributed by atoms with Gasteiger partial charge in [0, 0.05) is 0 Å². The van der Waals surface area contributed by atoms with Crippen molar-refractivity contribution >= 4 is 21.8 Å². The lowest BCUT2D eigenvalue weighted by molar-refractivity contribution is -0.135. The molecule has 4 N–H and O–H groups in total. The van der Waals surface area contributed by atoms with Crippen LogP contribution in [0.2, 0.25) is 0 Å². The molecule has 0 aliphatic carbocycles. The summed E-state index contributed by atoms with van der Waals surface area (Å²) in [5.74, 6) is -2.47. The second kappa shape index (κ2) is 9.77. The number of nitrogens with one attached hydrogen (secondary N) is 3. The molecule has 0 radical (unpaired) electrons. The molecular formula is C17H26FN3O5S. The normalized spacial score (nSPS) is 14.1. The molecule has 2 amide bonds. The first kappa shape index (κ1) is 23.0. The Labute approximate surface area is 158 Å². The molecule has 0 aromatic heterocycles. The van der Waals surface area contributed by atoms with Crippen LogP contribution in [0.1, 0.15) is 34.1 Å². The van der Waals surface area contributed by atoms with Crippen LogP contribution in [0.4, 0.5) is 4.39 Å². The molecule has 0 heterocycles. The summed E-state index contributed by atoms with van der Waals surface area (Å²) in [6, 6.07) is 2.01. The van der Waals surface area contributed by atoms with Crippen molar-refractivity contribution in [3.8, 4) is 0 Å². The van der Waals surface area contributed by atoms with Gasteiger partial charge in [0.2, 0.25) is 15.9 Å². The third kappa shape index (κ3) is 6.89. The monoisotopic (exact) mass is 403 g/mol. The minimum Gasteiger partial charge on any atom is -0.343 e. The minimum absolute atomic E-state index is 0.0426. The molecule has 1 rings (SSSR count). The molecule has 1 aromatic rings. The average Bonchev–Trinajstić information content (AvgIpc) is 2.58. The van der Waals surface area contributed by atoms with Crippen LogP contribution in [0, 0.1) is 17.7 Å². The predicted molar refractivity (Wildman–Crippen MR) is 96.7 cm³/mol. The van der Waals surface area contributed by atoms with E-state index in [9.17, 15) is 22.4 Å².